The summed E-state index contributed by atoms with van der Waals surface area (Å²) >= 11 is 1.38. The van der Waals surface area contributed by atoms with Crippen molar-refractivity contribution in [2.75, 3.05) is 0 Å². The molecule has 0 aliphatic heterocycles. The molecule has 0 atom stereocenters. The first-order valence-electron chi connectivity index (χ1n) is 9.34. The molecule has 0 aliphatic carbocycles. The van der Waals surface area contributed by atoms with Gasteiger partial charge in [0.05, 0.1) is 4.88 Å². The molecule has 2 aromatic heterocycles. The predicted molar refractivity (Wildman–Crippen MR) is 118 cm³/mol. The second-order valence-electron chi connectivity index (χ2n) is 6.93. The minimum absolute atomic E-state index is 0.0462. The minimum atomic E-state index is -0.131. The SMILES string of the molecule is O=C(c1ccccc1)c1sc2cc(O)ccc2c1-c1ccc(-c2coc(O)c2)cc1. The van der Waals surface area contributed by atoms with Crippen LogP contribution in [0.15, 0.2) is 89.5 Å². The van der Waals surface area contributed by atoms with Crippen molar-refractivity contribution in [2.24, 2.45) is 0 Å². The summed E-state index contributed by atoms with van der Waals surface area (Å²) in [4.78, 5) is 13.9. The predicted octanol–water partition coefficient (Wildman–Crippen LogP) is 6.47. The van der Waals surface area contributed by atoms with Gasteiger partial charge in [0.25, 0.3) is 5.95 Å². The molecule has 0 fully saturated rings. The highest BCUT2D eigenvalue weighted by Gasteiger charge is 2.21. The van der Waals surface area contributed by atoms with E-state index in [0.717, 1.165) is 32.3 Å². The van der Waals surface area contributed by atoms with Crippen LogP contribution < -0.4 is 0 Å². The van der Waals surface area contributed by atoms with Crippen LogP contribution in [-0.2, 0) is 0 Å². The van der Waals surface area contributed by atoms with E-state index in [4.69, 9.17) is 4.42 Å². The van der Waals surface area contributed by atoms with Crippen LogP contribution >= 0.6 is 11.3 Å². The number of carbonyl (C=O) groups excluding carboxylic acids is 1. The van der Waals surface area contributed by atoms with Crippen molar-refractivity contribution in [1.82, 2.24) is 0 Å². The van der Waals surface area contributed by atoms with E-state index >= 15 is 0 Å². The van der Waals surface area contributed by atoms with E-state index in [1.807, 2.05) is 60.7 Å². The van der Waals surface area contributed by atoms with Crippen LogP contribution in [0.4, 0.5) is 0 Å². The fourth-order valence-electron chi connectivity index (χ4n) is 3.56. The summed E-state index contributed by atoms with van der Waals surface area (Å²) in [7, 11) is 0. The number of furan rings is 1. The maximum absolute atomic E-state index is 13.3. The Balaban J connectivity index is 1.66. The van der Waals surface area contributed by atoms with Gasteiger partial charge < -0.3 is 14.6 Å². The summed E-state index contributed by atoms with van der Waals surface area (Å²) in [6.07, 6.45) is 1.50. The van der Waals surface area contributed by atoms with E-state index in [-0.39, 0.29) is 17.5 Å². The number of carbonyl (C=O) groups is 1. The zero-order chi connectivity index (χ0) is 20.7. The smallest absolute Gasteiger partial charge is 0.282 e. The van der Waals surface area contributed by atoms with Crippen molar-refractivity contribution in [2.45, 2.75) is 0 Å². The largest absolute Gasteiger partial charge is 0.508 e. The van der Waals surface area contributed by atoms with Crippen molar-refractivity contribution >= 4 is 27.2 Å². The molecule has 0 saturated carbocycles. The zero-order valence-electron chi connectivity index (χ0n) is 15.7. The lowest BCUT2D eigenvalue weighted by Crippen LogP contribution is -2.00. The van der Waals surface area contributed by atoms with Gasteiger partial charge in [0.2, 0.25) is 5.78 Å². The number of aromatic hydroxyl groups is 2. The van der Waals surface area contributed by atoms with Gasteiger partial charge in [-0.15, -0.1) is 11.3 Å². The van der Waals surface area contributed by atoms with Crippen LogP contribution in [0.5, 0.6) is 11.7 Å². The van der Waals surface area contributed by atoms with Crippen LogP contribution in [-0.4, -0.2) is 16.0 Å². The monoisotopic (exact) mass is 412 g/mol. The first kappa shape index (κ1) is 18.2. The number of hydrogen-bond acceptors (Lipinski definition) is 5. The number of rotatable bonds is 4. The molecule has 5 heteroatoms. The summed E-state index contributed by atoms with van der Waals surface area (Å²) in [5.41, 5.74) is 4.06. The van der Waals surface area contributed by atoms with Gasteiger partial charge >= 0.3 is 0 Å². The van der Waals surface area contributed by atoms with Gasteiger partial charge in [0.15, 0.2) is 0 Å². The topological polar surface area (TPSA) is 70.7 Å². The van der Waals surface area contributed by atoms with E-state index in [1.165, 1.54) is 17.6 Å². The third-order valence-electron chi connectivity index (χ3n) is 5.01. The third kappa shape index (κ3) is 3.15. The number of benzene rings is 3. The van der Waals surface area contributed by atoms with Crippen molar-refractivity contribution in [3.05, 3.63) is 95.6 Å². The molecule has 0 saturated heterocycles. The average molecular weight is 412 g/mol. The highest BCUT2D eigenvalue weighted by atomic mass is 32.1. The van der Waals surface area contributed by atoms with Crippen molar-refractivity contribution in [3.8, 4) is 33.9 Å². The summed E-state index contributed by atoms with van der Waals surface area (Å²) < 4.78 is 5.83. The lowest BCUT2D eigenvalue weighted by atomic mass is 9.96. The fraction of sp³-hybridized carbons (Fsp3) is 0. The summed E-state index contributed by atoms with van der Waals surface area (Å²) in [5.74, 6) is -0.00676. The Bertz CT molecular complexity index is 1360. The Hall–Kier alpha value is -3.83. The first-order chi connectivity index (χ1) is 14.6. The van der Waals surface area contributed by atoms with E-state index in [1.54, 1.807) is 18.2 Å². The molecular formula is C25H16O4S. The molecule has 146 valence electrons. The number of hydrogen-bond donors (Lipinski definition) is 2. The molecule has 5 aromatic rings. The number of ketones is 1. The van der Waals surface area contributed by atoms with Gasteiger partial charge in [-0.3, -0.25) is 4.79 Å². The molecule has 2 N–H and O–H groups in total. The van der Waals surface area contributed by atoms with Gasteiger partial charge in [0, 0.05) is 32.8 Å². The van der Waals surface area contributed by atoms with Crippen LogP contribution in [0.25, 0.3) is 32.3 Å². The molecule has 0 amide bonds. The van der Waals surface area contributed by atoms with Crippen LogP contribution in [0.1, 0.15) is 15.2 Å². The highest BCUT2D eigenvalue weighted by molar-refractivity contribution is 7.21. The van der Waals surface area contributed by atoms with E-state index in [2.05, 4.69) is 0 Å². The maximum Gasteiger partial charge on any atom is 0.282 e. The Kier molecular flexibility index (Phi) is 4.38. The van der Waals surface area contributed by atoms with E-state index < -0.39 is 0 Å². The zero-order valence-corrected chi connectivity index (χ0v) is 16.5. The van der Waals surface area contributed by atoms with E-state index in [0.29, 0.717) is 10.4 Å². The Labute approximate surface area is 176 Å². The third-order valence-corrected chi connectivity index (χ3v) is 6.16. The molecule has 5 rings (SSSR count). The lowest BCUT2D eigenvalue weighted by Gasteiger charge is -2.07. The summed E-state index contributed by atoms with van der Waals surface area (Å²) in [5, 5.41) is 20.3. The molecule has 3 aromatic carbocycles. The van der Waals surface area contributed by atoms with Crippen molar-refractivity contribution in [3.63, 3.8) is 0 Å². The molecule has 0 unspecified atom stereocenters. The first-order valence-corrected chi connectivity index (χ1v) is 10.2. The Morgan fingerprint density at radius 3 is 2.23 bits per heavy atom. The molecule has 0 aliphatic rings. The van der Waals surface area contributed by atoms with Gasteiger partial charge in [-0.05, 0) is 29.3 Å². The second-order valence-corrected chi connectivity index (χ2v) is 7.98. The Morgan fingerprint density at radius 2 is 1.53 bits per heavy atom. The average Bonchev–Trinajstić information content (AvgIpc) is 3.37. The molecule has 0 radical (unpaired) electrons. The molecule has 30 heavy (non-hydrogen) atoms. The molecule has 2 heterocycles. The summed E-state index contributed by atoms with van der Waals surface area (Å²) in [6.45, 7) is 0. The van der Waals surface area contributed by atoms with Gasteiger partial charge in [-0.25, -0.2) is 0 Å². The van der Waals surface area contributed by atoms with Gasteiger partial charge in [-0.1, -0.05) is 54.6 Å². The van der Waals surface area contributed by atoms with Crippen molar-refractivity contribution < 1.29 is 19.4 Å². The van der Waals surface area contributed by atoms with Gasteiger partial charge in [0.1, 0.15) is 12.0 Å². The van der Waals surface area contributed by atoms with Crippen molar-refractivity contribution in [1.29, 1.82) is 0 Å². The van der Waals surface area contributed by atoms with Crippen LogP contribution in [0, 0.1) is 0 Å². The highest BCUT2D eigenvalue weighted by Crippen LogP contribution is 2.41. The van der Waals surface area contributed by atoms with Crippen LogP contribution in [0.3, 0.4) is 0 Å². The lowest BCUT2D eigenvalue weighted by molar-refractivity contribution is 0.104. The quantitative estimate of drug-likeness (QED) is 0.332. The standard InChI is InChI=1S/C25H16O4S/c26-19-10-11-20-21(13-19)30-25(24(28)17-4-2-1-3-5-17)23(20)16-8-6-15(7-9-16)18-12-22(27)29-14-18/h1-14,26-27H. The molecule has 4 nitrogen and oxygen atoms in total. The normalized spacial score (nSPS) is 11.1. The number of phenolic OH excluding ortho intramolecular Hbond substituents is 1. The molecular weight excluding hydrogens is 396 g/mol. The minimum Gasteiger partial charge on any atom is -0.508 e. The maximum atomic E-state index is 13.3. The second kappa shape index (κ2) is 7.21. The van der Waals surface area contributed by atoms with Crippen LogP contribution in [0.2, 0.25) is 0 Å². The fourth-order valence-corrected chi connectivity index (χ4v) is 4.78. The molecule has 0 bridgehead atoms. The number of phenols is 1. The van der Waals surface area contributed by atoms with E-state index in [9.17, 15) is 15.0 Å². The summed E-state index contributed by atoms with van der Waals surface area (Å²) in [6, 6.07) is 23.7. The number of fused-ring (bicyclic) bond motifs is 1. The molecule has 0 spiro atoms. The number of thiophene rings is 1. The Morgan fingerprint density at radius 1 is 0.800 bits per heavy atom. The van der Waals surface area contributed by atoms with Gasteiger partial charge in [-0.2, -0.15) is 0 Å².